The highest BCUT2D eigenvalue weighted by Gasteiger charge is 2.29. The minimum Gasteiger partial charge on any atom is -0.323 e. The molecule has 8 heteroatoms. The molecule has 2 rings (SSSR count). The molecule has 2 N–H and O–H groups in total. The molecular weight excluding hydrogens is 269 g/mol. The van der Waals surface area contributed by atoms with Crippen LogP contribution in [0.4, 0.5) is 13.2 Å². The zero-order valence-electron chi connectivity index (χ0n) is 10.4. The predicted octanol–water partition coefficient (Wildman–Crippen LogP) is 2.44. The summed E-state index contributed by atoms with van der Waals surface area (Å²) in [5, 5.41) is 4.14. The van der Waals surface area contributed by atoms with Crippen LogP contribution in [0.25, 0.3) is 10.9 Å². The molecule has 0 bridgehead atoms. The van der Waals surface area contributed by atoms with Gasteiger partial charge in [-0.25, -0.2) is 0 Å². The molecule has 0 amide bonds. The van der Waals surface area contributed by atoms with E-state index in [2.05, 4.69) is 10.1 Å². The molecule has 0 aliphatic heterocycles. The number of nitrogens with two attached hydrogens (primary N) is 1. The largest absolute Gasteiger partial charge is 0.408 e. The van der Waals surface area contributed by atoms with E-state index in [-0.39, 0.29) is 23.6 Å². The third-order valence-corrected chi connectivity index (χ3v) is 2.26. The lowest BCUT2D eigenvalue weighted by molar-refractivity contribution is -0.141. The monoisotopic (exact) mass is 281 g/mol. The molecule has 1 atom stereocenters. The number of alkyl halides is 3. The van der Waals surface area contributed by atoms with Crippen molar-refractivity contribution in [1.82, 2.24) is 14.8 Å². The van der Waals surface area contributed by atoms with Gasteiger partial charge < -0.3 is 5.73 Å². The maximum absolute atomic E-state index is 12.3. The number of fused-ring (bicyclic) bond motifs is 1. The minimum atomic E-state index is -4.34. The molecule has 0 aliphatic carbocycles. The van der Waals surface area contributed by atoms with Gasteiger partial charge in [0.05, 0.1) is 25.0 Å². The van der Waals surface area contributed by atoms with E-state index in [1.54, 1.807) is 0 Å². The van der Waals surface area contributed by atoms with Crippen molar-refractivity contribution in [2.45, 2.75) is 25.7 Å². The van der Waals surface area contributed by atoms with Gasteiger partial charge in [-0.3, -0.25) is 9.67 Å². The summed E-state index contributed by atoms with van der Waals surface area (Å²) in [6, 6.07) is 0.0858. The zero-order chi connectivity index (χ0) is 13.6. The number of aromatic nitrogens is 3. The van der Waals surface area contributed by atoms with Crippen molar-refractivity contribution in [2.24, 2.45) is 5.73 Å². The van der Waals surface area contributed by atoms with Gasteiger partial charge in [-0.05, 0) is 13.0 Å². The quantitative estimate of drug-likeness (QED) is 0.920. The molecular formula is C10H12ClF3N4. The zero-order valence-corrected chi connectivity index (χ0v) is 10.2. The van der Waals surface area contributed by atoms with Crippen LogP contribution in [0.3, 0.4) is 0 Å². The van der Waals surface area contributed by atoms with Crippen LogP contribution >= 0.6 is 12.4 Å². The fourth-order valence-corrected chi connectivity index (χ4v) is 1.49. The highest BCUT2D eigenvalue weighted by atomic mass is 35.5. The van der Waals surface area contributed by atoms with Crippen molar-refractivity contribution < 1.29 is 14.5 Å². The molecule has 18 heavy (non-hydrogen) atoms. The van der Waals surface area contributed by atoms with E-state index in [9.17, 15) is 13.2 Å². The lowest BCUT2D eigenvalue weighted by Gasteiger charge is -2.08. The summed E-state index contributed by atoms with van der Waals surface area (Å²) in [4.78, 5) is 3.90. The topological polar surface area (TPSA) is 56.7 Å². The molecule has 2 heterocycles. The highest BCUT2D eigenvalue weighted by molar-refractivity contribution is 5.85. The summed E-state index contributed by atoms with van der Waals surface area (Å²) in [5.74, 6) is 0. The summed E-state index contributed by atoms with van der Waals surface area (Å²) in [7, 11) is 0. The summed E-state index contributed by atoms with van der Waals surface area (Å²) >= 11 is 0. The SMILES string of the molecule is Cl.[2H]C(C)(N)c1cc2cnn(CC(F)(F)F)c2cn1. The molecule has 0 saturated heterocycles. The molecule has 0 fully saturated rings. The van der Waals surface area contributed by atoms with E-state index < -0.39 is 18.7 Å². The van der Waals surface area contributed by atoms with Gasteiger partial charge in [0, 0.05) is 11.4 Å². The molecule has 0 aromatic carbocycles. The smallest absolute Gasteiger partial charge is 0.323 e. The van der Waals surface area contributed by atoms with Crippen molar-refractivity contribution in [2.75, 3.05) is 0 Å². The number of nitrogens with zero attached hydrogens (tertiary/aromatic N) is 3. The van der Waals surface area contributed by atoms with Crippen LogP contribution in [0.15, 0.2) is 18.5 Å². The minimum absolute atomic E-state index is 0. The van der Waals surface area contributed by atoms with Gasteiger partial charge in [0.15, 0.2) is 0 Å². The Morgan fingerprint density at radius 2 is 2.17 bits per heavy atom. The summed E-state index contributed by atoms with van der Waals surface area (Å²) in [6.07, 6.45) is -1.78. The maximum atomic E-state index is 12.3. The van der Waals surface area contributed by atoms with Crippen LogP contribution in [0.5, 0.6) is 0 Å². The number of rotatable bonds is 2. The lowest BCUT2D eigenvalue weighted by Crippen LogP contribution is -2.18. The summed E-state index contributed by atoms with van der Waals surface area (Å²) in [6.45, 7) is 0.277. The molecule has 0 saturated carbocycles. The van der Waals surface area contributed by atoms with Gasteiger partial charge >= 0.3 is 6.18 Å². The van der Waals surface area contributed by atoms with Crippen LogP contribution < -0.4 is 5.73 Å². The first-order chi connectivity index (χ1) is 8.17. The second-order valence-electron chi connectivity index (χ2n) is 3.73. The fraction of sp³-hybridized carbons (Fsp3) is 0.400. The number of hydrogen-bond donors (Lipinski definition) is 1. The first-order valence-electron chi connectivity index (χ1n) is 5.34. The Morgan fingerprint density at radius 3 is 2.72 bits per heavy atom. The Labute approximate surface area is 109 Å². The third-order valence-electron chi connectivity index (χ3n) is 2.26. The van der Waals surface area contributed by atoms with Crippen molar-refractivity contribution >= 4 is 23.3 Å². The van der Waals surface area contributed by atoms with E-state index >= 15 is 0 Å². The van der Waals surface area contributed by atoms with Gasteiger partial charge in [0.2, 0.25) is 0 Å². The van der Waals surface area contributed by atoms with E-state index in [0.717, 1.165) is 4.68 Å². The first kappa shape index (κ1) is 13.1. The molecule has 4 nitrogen and oxygen atoms in total. The van der Waals surface area contributed by atoms with Crippen molar-refractivity contribution in [3.63, 3.8) is 0 Å². The van der Waals surface area contributed by atoms with E-state index in [1.807, 2.05) is 0 Å². The average molecular weight is 282 g/mol. The maximum Gasteiger partial charge on any atom is 0.408 e. The van der Waals surface area contributed by atoms with E-state index in [1.165, 1.54) is 25.4 Å². The molecule has 0 spiro atoms. The Balaban J connectivity index is 0.00000180. The number of hydrogen-bond acceptors (Lipinski definition) is 3. The van der Waals surface area contributed by atoms with E-state index in [0.29, 0.717) is 5.39 Å². The molecule has 0 radical (unpaired) electrons. The van der Waals surface area contributed by atoms with Crippen LogP contribution in [0, 0.1) is 0 Å². The van der Waals surface area contributed by atoms with Gasteiger partial charge in [0.1, 0.15) is 6.54 Å². The molecule has 0 aliphatic rings. The average Bonchev–Trinajstić information content (AvgIpc) is 2.57. The summed E-state index contributed by atoms with van der Waals surface area (Å²) < 4.78 is 45.3. The number of pyridine rings is 1. The Bertz CT molecular complexity index is 576. The lowest BCUT2D eigenvalue weighted by atomic mass is 10.2. The summed E-state index contributed by atoms with van der Waals surface area (Å²) in [5.41, 5.74) is 6.10. The van der Waals surface area contributed by atoms with Gasteiger partial charge in [-0.2, -0.15) is 18.3 Å². The van der Waals surface area contributed by atoms with Gasteiger partial charge in [-0.1, -0.05) is 0 Å². The molecule has 1 unspecified atom stereocenters. The van der Waals surface area contributed by atoms with Gasteiger partial charge in [-0.15, -0.1) is 12.4 Å². The van der Waals surface area contributed by atoms with E-state index in [4.69, 9.17) is 7.10 Å². The van der Waals surface area contributed by atoms with Crippen LogP contribution in [-0.4, -0.2) is 20.9 Å². The van der Waals surface area contributed by atoms with Crippen molar-refractivity contribution in [3.05, 3.63) is 24.2 Å². The fourth-order valence-electron chi connectivity index (χ4n) is 1.49. The second kappa shape index (κ2) is 5.11. The Morgan fingerprint density at radius 1 is 1.50 bits per heavy atom. The van der Waals surface area contributed by atoms with Crippen LogP contribution in [0.1, 0.15) is 20.0 Å². The standard InChI is InChI=1S/C10H11F3N4.ClH/c1-6(14)8-2-7-3-16-17(5-10(11,12)13)9(7)4-15-8;/h2-4,6H,5,14H2,1H3;1H/i6D;. The van der Waals surface area contributed by atoms with Crippen LogP contribution in [0.2, 0.25) is 0 Å². The molecule has 2 aromatic rings. The highest BCUT2D eigenvalue weighted by Crippen LogP contribution is 2.22. The Hall–Kier alpha value is -1.34. The van der Waals surface area contributed by atoms with Crippen molar-refractivity contribution in [1.29, 1.82) is 0 Å². The van der Waals surface area contributed by atoms with Gasteiger partial charge in [0.25, 0.3) is 0 Å². The van der Waals surface area contributed by atoms with Crippen molar-refractivity contribution in [3.8, 4) is 0 Å². The Kier molecular flexibility index (Phi) is 3.72. The molecule has 100 valence electrons. The third kappa shape index (κ3) is 3.11. The number of halogens is 4. The predicted molar refractivity (Wildman–Crippen MR) is 63.4 cm³/mol. The molecule has 2 aromatic heterocycles. The normalized spacial score (nSPS) is 15.9. The second-order valence-corrected chi connectivity index (χ2v) is 3.73. The first-order valence-corrected chi connectivity index (χ1v) is 4.84. The van der Waals surface area contributed by atoms with Crippen LogP contribution in [-0.2, 0) is 6.54 Å².